The van der Waals surface area contributed by atoms with Crippen molar-refractivity contribution in [1.29, 1.82) is 0 Å². The quantitative estimate of drug-likeness (QED) is 0.261. The Balaban J connectivity index is 1.55. The van der Waals surface area contributed by atoms with Crippen molar-refractivity contribution in [3.8, 4) is 11.5 Å². The molecule has 0 aliphatic heterocycles. The Hall–Kier alpha value is -3.02. The summed E-state index contributed by atoms with van der Waals surface area (Å²) < 4.78 is 0. The number of amides is 2. The zero-order valence-corrected chi connectivity index (χ0v) is 23.6. The molecule has 0 heterocycles. The van der Waals surface area contributed by atoms with E-state index < -0.39 is 0 Å². The van der Waals surface area contributed by atoms with Gasteiger partial charge in [-0.1, -0.05) is 57.9 Å². The summed E-state index contributed by atoms with van der Waals surface area (Å²) in [4.78, 5) is 24.4. The molecule has 0 aromatic heterocycles. The van der Waals surface area contributed by atoms with Crippen LogP contribution >= 0.6 is 0 Å². The van der Waals surface area contributed by atoms with Crippen molar-refractivity contribution < 1.29 is 19.8 Å². The monoisotopic (exact) mass is 510 g/mol. The fourth-order valence-electron chi connectivity index (χ4n) is 4.51. The van der Waals surface area contributed by atoms with Crippen LogP contribution in [0.15, 0.2) is 24.3 Å². The van der Waals surface area contributed by atoms with Gasteiger partial charge >= 0.3 is 0 Å². The normalized spacial score (nSPS) is 11.4. The average molecular weight is 511 g/mol. The molecule has 2 aromatic rings. The maximum absolute atomic E-state index is 12.3. The van der Waals surface area contributed by atoms with Crippen molar-refractivity contribution in [3.63, 3.8) is 0 Å². The van der Waals surface area contributed by atoms with Gasteiger partial charge in [-0.15, -0.1) is 0 Å². The van der Waals surface area contributed by atoms with Crippen LogP contribution in [-0.4, -0.2) is 35.1 Å². The summed E-state index contributed by atoms with van der Waals surface area (Å²) in [6.45, 7) is 13.2. The average Bonchev–Trinajstić information content (AvgIpc) is 2.82. The number of hydrogen-bond acceptors (Lipinski definition) is 4. The van der Waals surface area contributed by atoms with Crippen LogP contribution in [0.25, 0.3) is 0 Å². The predicted molar refractivity (Wildman–Crippen MR) is 150 cm³/mol. The molecule has 0 radical (unpaired) electrons. The molecular formula is C31H46N2O4. The number of hydrogen-bond donors (Lipinski definition) is 4. The van der Waals surface area contributed by atoms with E-state index in [2.05, 4.69) is 31.4 Å². The third-order valence-corrected chi connectivity index (χ3v) is 6.75. The lowest BCUT2D eigenvalue weighted by atomic mass is 9.83. The second kappa shape index (κ2) is 14.1. The summed E-state index contributed by atoms with van der Waals surface area (Å²) in [5.41, 5.74) is 5.44. The summed E-state index contributed by atoms with van der Waals surface area (Å²) in [6, 6.07) is 7.85. The van der Waals surface area contributed by atoms with Crippen molar-refractivity contribution in [2.75, 3.05) is 13.1 Å². The van der Waals surface area contributed by atoms with Crippen molar-refractivity contribution in [2.45, 2.75) is 98.3 Å². The van der Waals surface area contributed by atoms with Crippen molar-refractivity contribution in [2.24, 2.45) is 0 Å². The highest BCUT2D eigenvalue weighted by Crippen LogP contribution is 2.34. The highest BCUT2D eigenvalue weighted by atomic mass is 16.3. The highest BCUT2D eigenvalue weighted by Gasteiger charge is 2.20. The molecule has 4 N–H and O–H groups in total. The Morgan fingerprint density at radius 1 is 0.676 bits per heavy atom. The Kier molecular flexibility index (Phi) is 11.5. The molecule has 0 bridgehead atoms. The van der Waals surface area contributed by atoms with Crippen molar-refractivity contribution in [3.05, 3.63) is 57.6 Å². The molecule has 6 nitrogen and oxygen atoms in total. The van der Waals surface area contributed by atoms with Crippen LogP contribution in [0, 0.1) is 20.8 Å². The SMILES string of the molecule is Cc1cc(CCC(=O)NCCCCCCNC(=O)CCc2cc(C)c(O)c(C(C)(C)C)c2)cc(C)c1O. The number of phenols is 2. The molecule has 2 aromatic carbocycles. The molecule has 0 atom stereocenters. The van der Waals surface area contributed by atoms with Gasteiger partial charge in [0.25, 0.3) is 0 Å². The second-order valence-electron chi connectivity index (χ2n) is 11.3. The molecule has 2 rings (SSSR count). The summed E-state index contributed by atoms with van der Waals surface area (Å²) in [6.07, 6.45) is 6.06. The van der Waals surface area contributed by atoms with Gasteiger partial charge in [0.1, 0.15) is 11.5 Å². The maximum atomic E-state index is 12.3. The van der Waals surface area contributed by atoms with Gasteiger partial charge < -0.3 is 20.8 Å². The van der Waals surface area contributed by atoms with E-state index >= 15 is 0 Å². The lowest BCUT2D eigenvalue weighted by molar-refractivity contribution is -0.121. The number of benzene rings is 2. The van der Waals surface area contributed by atoms with Crippen LogP contribution in [0.5, 0.6) is 11.5 Å². The van der Waals surface area contributed by atoms with Crippen LogP contribution in [0.3, 0.4) is 0 Å². The number of nitrogens with one attached hydrogen (secondary N) is 2. The molecule has 0 aliphatic carbocycles. The summed E-state index contributed by atoms with van der Waals surface area (Å²) in [5, 5.41) is 26.2. The lowest BCUT2D eigenvalue weighted by Gasteiger charge is -2.22. The van der Waals surface area contributed by atoms with Gasteiger partial charge in [-0.05, 0) is 85.3 Å². The maximum Gasteiger partial charge on any atom is 0.220 e. The van der Waals surface area contributed by atoms with Gasteiger partial charge in [0, 0.05) is 25.9 Å². The Bertz CT molecular complexity index is 1050. The van der Waals surface area contributed by atoms with E-state index in [1.165, 1.54) is 0 Å². The number of unbranched alkanes of at least 4 members (excludes halogenated alkanes) is 3. The highest BCUT2D eigenvalue weighted by molar-refractivity contribution is 5.76. The van der Waals surface area contributed by atoms with Crippen LogP contribution in [0.4, 0.5) is 0 Å². The van der Waals surface area contributed by atoms with Crippen LogP contribution in [0.2, 0.25) is 0 Å². The molecule has 6 heteroatoms. The molecule has 0 saturated carbocycles. The minimum absolute atomic E-state index is 0.0501. The van der Waals surface area contributed by atoms with E-state index in [4.69, 9.17) is 0 Å². The minimum Gasteiger partial charge on any atom is -0.507 e. The van der Waals surface area contributed by atoms with Gasteiger partial charge in [-0.25, -0.2) is 0 Å². The van der Waals surface area contributed by atoms with E-state index in [9.17, 15) is 19.8 Å². The number of phenolic OH excluding ortho intramolecular Hbond substituents is 2. The molecule has 0 saturated heterocycles. The first kappa shape index (κ1) is 30.2. The largest absolute Gasteiger partial charge is 0.507 e. The number of aryl methyl sites for hydroxylation is 5. The van der Waals surface area contributed by atoms with E-state index in [-0.39, 0.29) is 17.2 Å². The van der Waals surface area contributed by atoms with E-state index in [1.54, 1.807) is 0 Å². The number of carbonyl (C=O) groups is 2. The number of carbonyl (C=O) groups excluding carboxylic acids is 2. The predicted octanol–water partition coefficient (Wildman–Crippen LogP) is 5.68. The van der Waals surface area contributed by atoms with E-state index in [0.717, 1.165) is 59.1 Å². The van der Waals surface area contributed by atoms with E-state index in [0.29, 0.717) is 50.3 Å². The molecule has 37 heavy (non-hydrogen) atoms. The van der Waals surface area contributed by atoms with Crippen molar-refractivity contribution >= 4 is 11.8 Å². The van der Waals surface area contributed by atoms with Gasteiger partial charge in [0.15, 0.2) is 0 Å². The third-order valence-electron chi connectivity index (χ3n) is 6.75. The third kappa shape index (κ3) is 10.1. The summed E-state index contributed by atoms with van der Waals surface area (Å²) >= 11 is 0. The minimum atomic E-state index is -0.151. The summed E-state index contributed by atoms with van der Waals surface area (Å²) in [7, 11) is 0. The number of aromatic hydroxyl groups is 2. The smallest absolute Gasteiger partial charge is 0.220 e. The fraction of sp³-hybridized carbons (Fsp3) is 0.548. The Labute approximate surface area is 222 Å². The van der Waals surface area contributed by atoms with Crippen LogP contribution < -0.4 is 10.6 Å². The van der Waals surface area contributed by atoms with Gasteiger partial charge in [0.2, 0.25) is 11.8 Å². The topological polar surface area (TPSA) is 98.7 Å². The van der Waals surface area contributed by atoms with Gasteiger partial charge in [0.05, 0.1) is 0 Å². The molecule has 204 valence electrons. The Morgan fingerprint density at radius 2 is 1.08 bits per heavy atom. The van der Waals surface area contributed by atoms with Crippen molar-refractivity contribution in [1.82, 2.24) is 10.6 Å². The zero-order valence-electron chi connectivity index (χ0n) is 23.6. The first-order valence-corrected chi connectivity index (χ1v) is 13.5. The van der Waals surface area contributed by atoms with Crippen LogP contribution in [0.1, 0.15) is 92.7 Å². The number of rotatable bonds is 13. The second-order valence-corrected chi connectivity index (χ2v) is 11.3. The summed E-state index contributed by atoms with van der Waals surface area (Å²) in [5.74, 6) is 0.773. The molecule has 0 unspecified atom stereocenters. The van der Waals surface area contributed by atoms with E-state index in [1.807, 2.05) is 45.0 Å². The van der Waals surface area contributed by atoms with Gasteiger partial charge in [-0.3, -0.25) is 9.59 Å². The standard InChI is InChI=1S/C31H46N2O4/c1-21-17-24(18-22(2)29(21)36)11-13-27(34)32-15-9-7-8-10-16-33-28(35)14-12-25-19-23(3)30(37)26(20-25)31(4,5)6/h17-20,36-37H,7-16H2,1-6H3,(H,32,34)(H,33,35). The molecule has 0 spiro atoms. The van der Waals surface area contributed by atoms with Gasteiger partial charge in [-0.2, -0.15) is 0 Å². The first-order valence-electron chi connectivity index (χ1n) is 13.5. The molecule has 0 fully saturated rings. The lowest BCUT2D eigenvalue weighted by Crippen LogP contribution is -2.25. The molecular weight excluding hydrogens is 464 g/mol. The Morgan fingerprint density at radius 3 is 1.51 bits per heavy atom. The zero-order chi connectivity index (χ0) is 27.6. The molecule has 0 aliphatic rings. The van der Waals surface area contributed by atoms with Crippen LogP contribution in [-0.2, 0) is 27.8 Å². The fourth-order valence-corrected chi connectivity index (χ4v) is 4.51. The molecule has 2 amide bonds. The first-order chi connectivity index (χ1) is 17.4.